The second kappa shape index (κ2) is 3.54. The van der Waals surface area contributed by atoms with Crippen LogP contribution >= 0.6 is 0 Å². The predicted molar refractivity (Wildman–Crippen MR) is 50.3 cm³/mol. The van der Waals surface area contributed by atoms with Gasteiger partial charge in [0.05, 0.1) is 6.61 Å². The third kappa shape index (κ3) is 1.94. The van der Waals surface area contributed by atoms with Gasteiger partial charge in [-0.3, -0.25) is 0 Å². The fraction of sp³-hybridized carbons (Fsp3) is 0.889. The molecule has 2 unspecified atom stereocenters. The number of alkyl carbamates (subject to hydrolysis) is 1. The largest absolute Gasteiger partial charge is 0.450 e. The zero-order chi connectivity index (χ0) is 10.1. The minimum absolute atomic E-state index is 0.00718. The average Bonchev–Trinajstić information content (AvgIpc) is 2.04. The topological polar surface area (TPSA) is 64.3 Å². The van der Waals surface area contributed by atoms with Gasteiger partial charge in [0.15, 0.2) is 0 Å². The van der Waals surface area contributed by atoms with Crippen molar-refractivity contribution in [2.75, 3.05) is 6.61 Å². The SMILES string of the molecule is CCOC(=O)NC1CC(N)C1(C)C. The van der Waals surface area contributed by atoms with Gasteiger partial charge in [0.1, 0.15) is 0 Å². The molecule has 76 valence electrons. The minimum atomic E-state index is -0.340. The molecule has 1 aliphatic rings. The van der Waals surface area contributed by atoms with E-state index in [2.05, 4.69) is 19.2 Å². The maximum absolute atomic E-state index is 11.1. The summed E-state index contributed by atoms with van der Waals surface area (Å²) in [5, 5.41) is 2.80. The molecule has 0 spiro atoms. The van der Waals surface area contributed by atoms with Crippen LogP contribution in [0.2, 0.25) is 0 Å². The van der Waals surface area contributed by atoms with E-state index in [1.54, 1.807) is 6.92 Å². The fourth-order valence-electron chi connectivity index (χ4n) is 1.52. The summed E-state index contributed by atoms with van der Waals surface area (Å²) in [4.78, 5) is 11.1. The molecule has 3 N–H and O–H groups in total. The molecule has 0 saturated heterocycles. The second-order valence-corrected chi connectivity index (χ2v) is 4.08. The first kappa shape index (κ1) is 10.3. The first-order chi connectivity index (χ1) is 5.98. The van der Waals surface area contributed by atoms with E-state index in [4.69, 9.17) is 10.5 Å². The molecule has 1 rings (SSSR count). The van der Waals surface area contributed by atoms with Gasteiger partial charge in [-0.2, -0.15) is 0 Å². The van der Waals surface area contributed by atoms with E-state index in [0.29, 0.717) is 6.61 Å². The van der Waals surface area contributed by atoms with E-state index in [0.717, 1.165) is 6.42 Å². The zero-order valence-corrected chi connectivity index (χ0v) is 8.46. The molecule has 1 amide bonds. The van der Waals surface area contributed by atoms with E-state index < -0.39 is 0 Å². The van der Waals surface area contributed by atoms with E-state index in [-0.39, 0.29) is 23.6 Å². The van der Waals surface area contributed by atoms with Crippen molar-refractivity contribution in [1.82, 2.24) is 5.32 Å². The Kier molecular flexibility index (Phi) is 2.81. The summed E-state index contributed by atoms with van der Waals surface area (Å²) >= 11 is 0. The molecule has 1 aliphatic carbocycles. The summed E-state index contributed by atoms with van der Waals surface area (Å²) in [5.74, 6) is 0. The molecule has 1 fully saturated rings. The summed E-state index contributed by atoms with van der Waals surface area (Å²) in [6.07, 6.45) is 0.499. The van der Waals surface area contributed by atoms with Crippen molar-refractivity contribution in [2.45, 2.75) is 39.3 Å². The Morgan fingerprint density at radius 2 is 2.31 bits per heavy atom. The fourth-order valence-corrected chi connectivity index (χ4v) is 1.52. The van der Waals surface area contributed by atoms with E-state index in [1.807, 2.05) is 0 Å². The number of nitrogens with two attached hydrogens (primary N) is 1. The Morgan fingerprint density at radius 1 is 1.69 bits per heavy atom. The lowest BCUT2D eigenvalue weighted by molar-refractivity contribution is 0.0636. The van der Waals surface area contributed by atoms with Crippen molar-refractivity contribution in [2.24, 2.45) is 11.1 Å². The molecule has 0 bridgehead atoms. The van der Waals surface area contributed by atoms with Crippen LogP contribution in [0.25, 0.3) is 0 Å². The zero-order valence-electron chi connectivity index (χ0n) is 8.46. The van der Waals surface area contributed by atoms with Crippen LogP contribution < -0.4 is 11.1 Å². The maximum atomic E-state index is 11.1. The second-order valence-electron chi connectivity index (χ2n) is 4.08. The lowest BCUT2D eigenvalue weighted by Crippen LogP contribution is -2.64. The van der Waals surface area contributed by atoms with Crippen molar-refractivity contribution in [3.8, 4) is 0 Å². The van der Waals surface area contributed by atoms with Crippen LogP contribution in [0.3, 0.4) is 0 Å². The van der Waals surface area contributed by atoms with Gasteiger partial charge in [-0.05, 0) is 13.3 Å². The van der Waals surface area contributed by atoms with Gasteiger partial charge in [-0.25, -0.2) is 4.79 Å². The first-order valence-electron chi connectivity index (χ1n) is 4.67. The molecule has 13 heavy (non-hydrogen) atoms. The minimum Gasteiger partial charge on any atom is -0.450 e. The first-order valence-corrected chi connectivity index (χ1v) is 4.67. The van der Waals surface area contributed by atoms with Gasteiger partial charge in [0.2, 0.25) is 0 Å². The number of hydrogen-bond acceptors (Lipinski definition) is 3. The van der Waals surface area contributed by atoms with Crippen molar-refractivity contribution in [1.29, 1.82) is 0 Å². The van der Waals surface area contributed by atoms with Crippen LogP contribution in [0, 0.1) is 5.41 Å². The Morgan fingerprint density at radius 3 is 2.69 bits per heavy atom. The Labute approximate surface area is 78.8 Å². The van der Waals surface area contributed by atoms with Crippen molar-refractivity contribution < 1.29 is 9.53 Å². The van der Waals surface area contributed by atoms with Crippen LogP contribution in [0.5, 0.6) is 0 Å². The molecule has 0 aromatic heterocycles. The Hall–Kier alpha value is -0.770. The van der Waals surface area contributed by atoms with Gasteiger partial charge in [0.25, 0.3) is 0 Å². The molecule has 1 saturated carbocycles. The van der Waals surface area contributed by atoms with E-state index >= 15 is 0 Å². The smallest absolute Gasteiger partial charge is 0.407 e. The summed E-state index contributed by atoms with van der Waals surface area (Å²) < 4.78 is 4.79. The molecular weight excluding hydrogens is 168 g/mol. The lowest BCUT2D eigenvalue weighted by Gasteiger charge is -2.50. The van der Waals surface area contributed by atoms with Crippen LogP contribution in [0.4, 0.5) is 4.79 Å². The monoisotopic (exact) mass is 186 g/mol. The third-order valence-corrected chi connectivity index (χ3v) is 2.91. The summed E-state index contributed by atoms with van der Waals surface area (Å²) in [7, 11) is 0. The number of nitrogens with one attached hydrogen (secondary N) is 1. The molecule has 0 heterocycles. The van der Waals surface area contributed by atoms with Gasteiger partial charge < -0.3 is 15.8 Å². The third-order valence-electron chi connectivity index (χ3n) is 2.91. The highest BCUT2D eigenvalue weighted by Crippen LogP contribution is 2.38. The highest BCUT2D eigenvalue weighted by molar-refractivity contribution is 5.67. The molecule has 0 radical (unpaired) electrons. The molecule has 4 nitrogen and oxygen atoms in total. The molecular formula is C9H18N2O2. The Bertz CT molecular complexity index is 204. The van der Waals surface area contributed by atoms with Crippen molar-refractivity contribution in [3.05, 3.63) is 0 Å². The quantitative estimate of drug-likeness (QED) is 0.672. The van der Waals surface area contributed by atoms with E-state index in [9.17, 15) is 4.79 Å². The highest BCUT2D eigenvalue weighted by Gasteiger charge is 2.46. The Balaban J connectivity index is 2.36. The van der Waals surface area contributed by atoms with Gasteiger partial charge in [-0.15, -0.1) is 0 Å². The predicted octanol–water partition coefficient (Wildman–Crippen LogP) is 0.858. The summed E-state index contributed by atoms with van der Waals surface area (Å²) in [6, 6.07) is 0.334. The van der Waals surface area contributed by atoms with Crippen LogP contribution in [-0.2, 0) is 4.74 Å². The summed E-state index contributed by atoms with van der Waals surface area (Å²) in [5.41, 5.74) is 5.80. The molecule has 4 heteroatoms. The van der Waals surface area contributed by atoms with Gasteiger partial charge in [-0.1, -0.05) is 13.8 Å². The van der Waals surface area contributed by atoms with Crippen LogP contribution in [0.15, 0.2) is 0 Å². The number of carbonyl (C=O) groups excluding carboxylic acids is 1. The van der Waals surface area contributed by atoms with Crippen molar-refractivity contribution in [3.63, 3.8) is 0 Å². The molecule has 0 aromatic rings. The van der Waals surface area contributed by atoms with Crippen molar-refractivity contribution >= 4 is 6.09 Å². The van der Waals surface area contributed by atoms with Crippen LogP contribution in [-0.4, -0.2) is 24.8 Å². The number of ether oxygens (including phenoxy) is 1. The van der Waals surface area contributed by atoms with E-state index in [1.165, 1.54) is 0 Å². The number of carbonyl (C=O) groups is 1. The molecule has 0 aliphatic heterocycles. The maximum Gasteiger partial charge on any atom is 0.407 e. The number of rotatable bonds is 2. The van der Waals surface area contributed by atoms with Gasteiger partial charge in [0, 0.05) is 17.5 Å². The summed E-state index contributed by atoms with van der Waals surface area (Å²) in [6.45, 7) is 6.30. The lowest BCUT2D eigenvalue weighted by atomic mass is 9.63. The number of amides is 1. The molecule has 2 atom stereocenters. The van der Waals surface area contributed by atoms with Gasteiger partial charge >= 0.3 is 6.09 Å². The number of hydrogen-bond donors (Lipinski definition) is 2. The average molecular weight is 186 g/mol. The molecule has 0 aromatic carbocycles. The standard InChI is InChI=1S/C9H18N2O2/c1-4-13-8(12)11-7-5-6(10)9(7,2)3/h6-7H,4-5,10H2,1-3H3,(H,11,12). The normalized spacial score (nSPS) is 30.5. The highest BCUT2D eigenvalue weighted by atomic mass is 16.5. The van der Waals surface area contributed by atoms with Crippen LogP contribution in [0.1, 0.15) is 27.2 Å².